The third-order valence-electron chi connectivity index (χ3n) is 2.96. The van der Waals surface area contributed by atoms with Crippen LogP contribution in [-0.2, 0) is 6.54 Å². The maximum atomic E-state index is 5.45. The highest BCUT2D eigenvalue weighted by Gasteiger charge is 2.15. The van der Waals surface area contributed by atoms with E-state index in [-0.39, 0.29) is 0 Å². The van der Waals surface area contributed by atoms with Gasteiger partial charge < -0.3 is 5.32 Å². The summed E-state index contributed by atoms with van der Waals surface area (Å²) in [7, 11) is 0. The van der Waals surface area contributed by atoms with Gasteiger partial charge in [-0.15, -0.1) is 0 Å². The van der Waals surface area contributed by atoms with Crippen molar-refractivity contribution >= 4 is 5.96 Å². The first-order valence-corrected chi connectivity index (χ1v) is 6.06. The molecule has 5 heteroatoms. The zero-order chi connectivity index (χ0) is 11.9. The van der Waals surface area contributed by atoms with Gasteiger partial charge in [-0.3, -0.25) is 10.4 Å². The molecule has 1 fully saturated rings. The third kappa shape index (κ3) is 3.71. The highest BCUT2D eigenvalue weighted by Crippen LogP contribution is 2.17. The van der Waals surface area contributed by atoms with Crippen molar-refractivity contribution in [2.75, 3.05) is 0 Å². The lowest BCUT2D eigenvalue weighted by atomic mass is 10.2. The van der Waals surface area contributed by atoms with Crippen LogP contribution in [0.1, 0.15) is 31.4 Å². The average Bonchev–Trinajstić information content (AvgIpc) is 2.88. The van der Waals surface area contributed by atoms with Crippen molar-refractivity contribution in [3.63, 3.8) is 0 Å². The van der Waals surface area contributed by atoms with Gasteiger partial charge in [0.2, 0.25) is 5.96 Å². The summed E-state index contributed by atoms with van der Waals surface area (Å²) < 4.78 is 0. The summed E-state index contributed by atoms with van der Waals surface area (Å²) in [5.41, 5.74) is 3.55. The van der Waals surface area contributed by atoms with Gasteiger partial charge in [-0.1, -0.05) is 18.9 Å². The van der Waals surface area contributed by atoms with Gasteiger partial charge in [0.1, 0.15) is 0 Å². The maximum Gasteiger partial charge on any atom is 0.206 e. The van der Waals surface area contributed by atoms with Gasteiger partial charge >= 0.3 is 0 Å². The van der Waals surface area contributed by atoms with E-state index in [0.29, 0.717) is 18.5 Å². The SMILES string of the molecule is NNC(=NCc1ccccn1)NC1CCCC1. The number of nitrogens with two attached hydrogens (primary N) is 1. The predicted octanol–water partition coefficient (Wildman–Crippen LogP) is 0.933. The van der Waals surface area contributed by atoms with Crippen molar-refractivity contribution in [3.05, 3.63) is 30.1 Å². The molecule has 17 heavy (non-hydrogen) atoms. The van der Waals surface area contributed by atoms with Gasteiger partial charge in [0.05, 0.1) is 12.2 Å². The van der Waals surface area contributed by atoms with Crippen molar-refractivity contribution in [2.24, 2.45) is 10.8 Å². The van der Waals surface area contributed by atoms with Gasteiger partial charge in [0.25, 0.3) is 0 Å². The minimum Gasteiger partial charge on any atom is -0.353 e. The zero-order valence-electron chi connectivity index (χ0n) is 9.89. The molecule has 0 radical (unpaired) electrons. The average molecular weight is 233 g/mol. The van der Waals surface area contributed by atoms with E-state index >= 15 is 0 Å². The fraction of sp³-hybridized carbons (Fsp3) is 0.500. The quantitative estimate of drug-likeness (QED) is 0.314. The molecular formula is C12H19N5. The highest BCUT2D eigenvalue weighted by molar-refractivity contribution is 5.79. The Labute approximate surface area is 102 Å². The number of nitrogens with one attached hydrogen (secondary N) is 2. The number of aliphatic imine (C=N–C) groups is 1. The Morgan fingerprint density at radius 2 is 2.24 bits per heavy atom. The van der Waals surface area contributed by atoms with E-state index in [9.17, 15) is 0 Å². The number of hydrogen-bond donors (Lipinski definition) is 3. The topological polar surface area (TPSA) is 75.3 Å². The van der Waals surface area contributed by atoms with E-state index in [1.807, 2.05) is 18.2 Å². The summed E-state index contributed by atoms with van der Waals surface area (Å²) in [5.74, 6) is 6.11. The summed E-state index contributed by atoms with van der Waals surface area (Å²) in [4.78, 5) is 8.60. The van der Waals surface area contributed by atoms with Crippen LogP contribution in [0.2, 0.25) is 0 Å². The number of guanidine groups is 1. The van der Waals surface area contributed by atoms with Crippen LogP contribution in [0, 0.1) is 0 Å². The van der Waals surface area contributed by atoms with Crippen LogP contribution in [0.5, 0.6) is 0 Å². The van der Waals surface area contributed by atoms with Crippen molar-refractivity contribution < 1.29 is 0 Å². The smallest absolute Gasteiger partial charge is 0.206 e. The largest absolute Gasteiger partial charge is 0.353 e. The monoisotopic (exact) mass is 233 g/mol. The maximum absolute atomic E-state index is 5.45. The molecule has 0 bridgehead atoms. The number of nitrogens with zero attached hydrogens (tertiary/aromatic N) is 2. The van der Waals surface area contributed by atoms with Crippen LogP contribution < -0.4 is 16.6 Å². The van der Waals surface area contributed by atoms with E-state index in [0.717, 1.165) is 5.69 Å². The second-order valence-electron chi connectivity index (χ2n) is 4.26. The van der Waals surface area contributed by atoms with Gasteiger partial charge in [-0.05, 0) is 25.0 Å². The molecule has 1 saturated carbocycles. The molecule has 1 aromatic rings. The van der Waals surface area contributed by atoms with Crippen molar-refractivity contribution in [2.45, 2.75) is 38.3 Å². The van der Waals surface area contributed by atoms with Crippen LogP contribution >= 0.6 is 0 Å². The lowest BCUT2D eigenvalue weighted by Crippen LogP contribution is -2.45. The van der Waals surface area contributed by atoms with E-state index < -0.39 is 0 Å². The number of aromatic nitrogens is 1. The first kappa shape index (κ1) is 11.9. The molecule has 1 heterocycles. The van der Waals surface area contributed by atoms with Gasteiger partial charge in [-0.2, -0.15) is 0 Å². The van der Waals surface area contributed by atoms with Crippen LogP contribution in [-0.4, -0.2) is 17.0 Å². The number of rotatable bonds is 3. The molecule has 0 saturated heterocycles. The number of hydrazine groups is 1. The molecule has 0 spiro atoms. The summed E-state index contributed by atoms with van der Waals surface area (Å²) in [6.45, 7) is 0.542. The number of hydrogen-bond acceptors (Lipinski definition) is 3. The number of pyridine rings is 1. The third-order valence-corrected chi connectivity index (χ3v) is 2.96. The highest BCUT2D eigenvalue weighted by atomic mass is 15.3. The minimum atomic E-state index is 0.508. The van der Waals surface area contributed by atoms with Gasteiger partial charge in [0.15, 0.2) is 0 Å². The molecule has 0 aromatic carbocycles. The summed E-state index contributed by atoms with van der Waals surface area (Å²) in [6, 6.07) is 6.31. The Morgan fingerprint density at radius 3 is 2.88 bits per heavy atom. The lowest BCUT2D eigenvalue weighted by Gasteiger charge is -2.14. The Hall–Kier alpha value is -1.62. The second kappa shape index (κ2) is 6.20. The molecule has 1 aliphatic rings. The molecule has 1 aliphatic carbocycles. The Bertz CT molecular complexity index is 356. The molecule has 5 nitrogen and oxygen atoms in total. The molecule has 0 unspecified atom stereocenters. The molecule has 92 valence electrons. The summed E-state index contributed by atoms with van der Waals surface area (Å²) in [5, 5.41) is 3.32. The molecule has 4 N–H and O–H groups in total. The van der Waals surface area contributed by atoms with Crippen molar-refractivity contribution in [1.82, 2.24) is 15.7 Å². The van der Waals surface area contributed by atoms with Crippen LogP contribution in [0.4, 0.5) is 0 Å². The fourth-order valence-electron chi connectivity index (χ4n) is 2.05. The predicted molar refractivity (Wildman–Crippen MR) is 68.1 cm³/mol. The van der Waals surface area contributed by atoms with Gasteiger partial charge in [0, 0.05) is 12.2 Å². The van der Waals surface area contributed by atoms with E-state index in [2.05, 4.69) is 20.7 Å². The first-order chi connectivity index (χ1) is 8.38. The standard InChI is InChI=1S/C12H19N5/c13-17-12(16-10-5-1-2-6-10)15-9-11-7-3-4-8-14-11/h3-4,7-8,10H,1-2,5-6,9,13H2,(H2,15,16,17). The van der Waals surface area contributed by atoms with Gasteiger partial charge in [-0.25, -0.2) is 10.8 Å². The first-order valence-electron chi connectivity index (χ1n) is 6.06. The Balaban J connectivity index is 1.88. The van der Waals surface area contributed by atoms with E-state index in [1.165, 1.54) is 25.7 Å². The molecule has 1 aromatic heterocycles. The van der Waals surface area contributed by atoms with Crippen molar-refractivity contribution in [3.8, 4) is 0 Å². The molecule has 0 amide bonds. The summed E-state index contributed by atoms with van der Waals surface area (Å²) in [6.07, 6.45) is 6.74. The van der Waals surface area contributed by atoms with Crippen LogP contribution in [0.3, 0.4) is 0 Å². The van der Waals surface area contributed by atoms with Crippen LogP contribution in [0.15, 0.2) is 29.4 Å². The van der Waals surface area contributed by atoms with Crippen LogP contribution in [0.25, 0.3) is 0 Å². The fourth-order valence-corrected chi connectivity index (χ4v) is 2.05. The zero-order valence-corrected chi connectivity index (χ0v) is 9.89. The lowest BCUT2D eigenvalue weighted by molar-refractivity contribution is 0.614. The molecule has 0 aliphatic heterocycles. The van der Waals surface area contributed by atoms with E-state index in [1.54, 1.807) is 6.20 Å². The molecule has 0 atom stereocenters. The normalized spacial score (nSPS) is 17.1. The minimum absolute atomic E-state index is 0.508. The Morgan fingerprint density at radius 1 is 1.41 bits per heavy atom. The second-order valence-corrected chi connectivity index (χ2v) is 4.26. The van der Waals surface area contributed by atoms with E-state index in [4.69, 9.17) is 5.84 Å². The molecule has 2 rings (SSSR count). The van der Waals surface area contributed by atoms with Crippen molar-refractivity contribution in [1.29, 1.82) is 0 Å². The summed E-state index contributed by atoms with van der Waals surface area (Å²) >= 11 is 0. The molecular weight excluding hydrogens is 214 g/mol. The Kier molecular flexibility index (Phi) is 4.32.